The summed E-state index contributed by atoms with van der Waals surface area (Å²) in [5, 5.41) is 0.626. The number of aromatic nitrogens is 1. The Bertz CT molecular complexity index is 1210. The number of piperidine rings is 1. The average molecular weight is 429 g/mol. The third-order valence-electron chi connectivity index (χ3n) is 5.85. The zero-order valence-electron chi connectivity index (χ0n) is 15.8. The summed E-state index contributed by atoms with van der Waals surface area (Å²) in [4.78, 5) is 5.09. The lowest BCUT2D eigenvalue weighted by molar-refractivity contribution is 0.295. The Morgan fingerprint density at radius 3 is 2.69 bits per heavy atom. The number of benzene rings is 2. The van der Waals surface area contributed by atoms with Crippen LogP contribution in [0.15, 0.2) is 51.8 Å². The first-order valence-electron chi connectivity index (χ1n) is 9.85. The summed E-state index contributed by atoms with van der Waals surface area (Å²) in [6, 6.07) is 13.4. The van der Waals surface area contributed by atoms with Gasteiger partial charge in [0.25, 0.3) is 0 Å². The molecule has 0 N–H and O–H groups in total. The first-order valence-corrected chi connectivity index (χ1v) is 11.7. The molecule has 0 unspecified atom stereocenters. The Hall–Kier alpha value is -2.15. The number of hydrogen-bond acceptors (Lipinski definition) is 4. The topological polar surface area (TPSA) is 63.4 Å². The maximum atomic E-state index is 13.2. The van der Waals surface area contributed by atoms with Gasteiger partial charge in [-0.2, -0.15) is 4.31 Å². The van der Waals surface area contributed by atoms with Crippen molar-refractivity contribution in [3.05, 3.63) is 69.4 Å². The molecule has 2 aliphatic rings. The second kappa shape index (κ2) is 7.27. The molecule has 0 amide bonds. The summed E-state index contributed by atoms with van der Waals surface area (Å²) in [6.45, 7) is 0.955. The van der Waals surface area contributed by atoms with E-state index in [9.17, 15) is 8.42 Å². The molecule has 150 valence electrons. The van der Waals surface area contributed by atoms with E-state index >= 15 is 0 Å². The molecule has 0 saturated carbocycles. The van der Waals surface area contributed by atoms with Crippen LogP contribution in [0.5, 0.6) is 0 Å². The van der Waals surface area contributed by atoms with E-state index in [2.05, 4.69) is 11.1 Å². The molecule has 0 radical (unpaired) electrons. The summed E-state index contributed by atoms with van der Waals surface area (Å²) in [6.07, 6.45) is 4.56. The number of halogens is 1. The predicted molar refractivity (Wildman–Crippen MR) is 114 cm³/mol. The highest BCUT2D eigenvalue weighted by atomic mass is 35.5. The van der Waals surface area contributed by atoms with Crippen LogP contribution in [0.3, 0.4) is 0 Å². The van der Waals surface area contributed by atoms with E-state index in [4.69, 9.17) is 16.0 Å². The van der Waals surface area contributed by atoms with Crippen molar-refractivity contribution >= 4 is 38.8 Å². The normalized spacial score (nSPS) is 18.6. The van der Waals surface area contributed by atoms with E-state index in [1.54, 1.807) is 16.4 Å². The lowest BCUT2D eigenvalue weighted by atomic mass is 9.98. The van der Waals surface area contributed by atoms with Gasteiger partial charge < -0.3 is 4.42 Å². The maximum Gasteiger partial charge on any atom is 0.239 e. The van der Waals surface area contributed by atoms with Gasteiger partial charge in [0.05, 0.1) is 4.91 Å². The SMILES string of the molecule is O=S(=O)(C1=Cc2ccccc2CC1)N1CCC(c2nc3cc(Cl)ccc3o2)CC1. The number of oxazole rings is 1. The Labute approximate surface area is 175 Å². The molecular weight excluding hydrogens is 408 g/mol. The molecule has 0 bridgehead atoms. The van der Waals surface area contributed by atoms with E-state index in [1.807, 2.05) is 30.3 Å². The largest absolute Gasteiger partial charge is 0.440 e. The molecule has 5 nitrogen and oxygen atoms in total. The fourth-order valence-electron chi connectivity index (χ4n) is 4.21. The van der Waals surface area contributed by atoms with Gasteiger partial charge in [-0.3, -0.25) is 0 Å². The number of aryl methyl sites for hydroxylation is 1. The Morgan fingerprint density at radius 2 is 1.86 bits per heavy atom. The minimum absolute atomic E-state index is 0.119. The zero-order chi connectivity index (χ0) is 20.0. The molecule has 5 rings (SSSR count). The Morgan fingerprint density at radius 1 is 1.07 bits per heavy atom. The standard InChI is InChI=1S/C22H21ClN2O3S/c23-18-6-8-21-20(14-18)24-22(28-21)16-9-11-25(12-10-16)29(26,27)19-7-5-15-3-1-2-4-17(15)13-19/h1-4,6,8,13-14,16H,5,7,9-12H2. The highest BCUT2D eigenvalue weighted by Gasteiger charge is 2.33. The summed E-state index contributed by atoms with van der Waals surface area (Å²) in [5.74, 6) is 0.791. The van der Waals surface area contributed by atoms with Gasteiger partial charge in [-0.1, -0.05) is 35.9 Å². The van der Waals surface area contributed by atoms with Crippen LogP contribution in [0, 0.1) is 0 Å². The Kier molecular flexibility index (Phi) is 4.73. The van der Waals surface area contributed by atoms with Gasteiger partial charge in [0.15, 0.2) is 11.5 Å². The minimum Gasteiger partial charge on any atom is -0.440 e. The summed E-state index contributed by atoms with van der Waals surface area (Å²) in [7, 11) is -3.44. The number of sulfonamides is 1. The predicted octanol–water partition coefficient (Wildman–Crippen LogP) is 4.98. The van der Waals surface area contributed by atoms with Gasteiger partial charge in [-0.15, -0.1) is 0 Å². The van der Waals surface area contributed by atoms with Crippen LogP contribution in [-0.2, 0) is 16.4 Å². The van der Waals surface area contributed by atoms with Crippen molar-refractivity contribution in [3.8, 4) is 0 Å². The summed E-state index contributed by atoms with van der Waals surface area (Å²) < 4.78 is 33.9. The molecule has 2 aromatic carbocycles. The number of allylic oxidation sites excluding steroid dienone is 1. The van der Waals surface area contributed by atoms with Crippen molar-refractivity contribution in [2.24, 2.45) is 0 Å². The second-order valence-corrected chi connectivity index (χ2v) is 10.1. The first-order chi connectivity index (χ1) is 14.0. The molecule has 7 heteroatoms. The van der Waals surface area contributed by atoms with E-state index in [1.165, 1.54) is 5.56 Å². The van der Waals surface area contributed by atoms with Crippen LogP contribution in [0.25, 0.3) is 17.2 Å². The molecule has 1 aliphatic heterocycles. The van der Waals surface area contributed by atoms with Crippen molar-refractivity contribution in [3.63, 3.8) is 0 Å². The molecule has 3 aromatic rings. The van der Waals surface area contributed by atoms with Gasteiger partial charge >= 0.3 is 0 Å². The highest BCUT2D eigenvalue weighted by molar-refractivity contribution is 7.93. The third-order valence-corrected chi connectivity index (χ3v) is 8.12. The van der Waals surface area contributed by atoms with Crippen molar-refractivity contribution < 1.29 is 12.8 Å². The zero-order valence-corrected chi connectivity index (χ0v) is 17.4. The second-order valence-electron chi connectivity index (χ2n) is 7.65. The quantitative estimate of drug-likeness (QED) is 0.590. The van der Waals surface area contributed by atoms with Crippen LogP contribution in [0.2, 0.25) is 5.02 Å². The van der Waals surface area contributed by atoms with Crippen LogP contribution in [-0.4, -0.2) is 30.8 Å². The van der Waals surface area contributed by atoms with Gasteiger partial charge in [0.1, 0.15) is 5.52 Å². The Balaban J connectivity index is 1.32. The van der Waals surface area contributed by atoms with Gasteiger partial charge in [-0.05, 0) is 61.1 Å². The summed E-state index contributed by atoms with van der Waals surface area (Å²) >= 11 is 6.03. The molecule has 29 heavy (non-hydrogen) atoms. The van der Waals surface area contributed by atoms with Crippen molar-refractivity contribution in [1.82, 2.24) is 9.29 Å². The number of hydrogen-bond donors (Lipinski definition) is 0. The molecular formula is C22H21ClN2O3S. The van der Waals surface area contributed by atoms with E-state index in [-0.39, 0.29) is 5.92 Å². The van der Waals surface area contributed by atoms with Crippen LogP contribution in [0.4, 0.5) is 0 Å². The smallest absolute Gasteiger partial charge is 0.239 e. The van der Waals surface area contributed by atoms with E-state index in [0.29, 0.717) is 53.8 Å². The van der Waals surface area contributed by atoms with E-state index in [0.717, 1.165) is 17.5 Å². The van der Waals surface area contributed by atoms with Crippen LogP contribution < -0.4 is 0 Å². The molecule has 0 spiro atoms. The van der Waals surface area contributed by atoms with Gasteiger partial charge in [0.2, 0.25) is 10.0 Å². The lowest BCUT2D eigenvalue weighted by Crippen LogP contribution is -2.38. The molecule has 1 saturated heterocycles. The number of nitrogens with zero attached hydrogens (tertiary/aromatic N) is 2. The number of rotatable bonds is 3. The third kappa shape index (κ3) is 3.50. The average Bonchev–Trinajstić information content (AvgIpc) is 3.16. The monoisotopic (exact) mass is 428 g/mol. The fraction of sp³-hybridized carbons (Fsp3) is 0.318. The molecule has 1 aromatic heterocycles. The minimum atomic E-state index is -3.44. The molecule has 0 atom stereocenters. The first kappa shape index (κ1) is 18.9. The van der Waals surface area contributed by atoms with E-state index < -0.39 is 10.0 Å². The molecule has 1 aliphatic carbocycles. The van der Waals surface area contributed by atoms with Gasteiger partial charge in [0, 0.05) is 24.0 Å². The highest BCUT2D eigenvalue weighted by Crippen LogP contribution is 2.34. The van der Waals surface area contributed by atoms with Crippen molar-refractivity contribution in [2.75, 3.05) is 13.1 Å². The lowest BCUT2D eigenvalue weighted by Gasteiger charge is -2.31. The fourth-order valence-corrected chi connectivity index (χ4v) is 6.04. The van der Waals surface area contributed by atoms with Crippen LogP contribution in [0.1, 0.15) is 42.2 Å². The maximum absolute atomic E-state index is 13.2. The molecule has 1 fully saturated rings. The van der Waals surface area contributed by atoms with Crippen LogP contribution >= 0.6 is 11.6 Å². The number of fused-ring (bicyclic) bond motifs is 2. The van der Waals surface area contributed by atoms with Gasteiger partial charge in [-0.25, -0.2) is 13.4 Å². The van der Waals surface area contributed by atoms with Crippen molar-refractivity contribution in [1.29, 1.82) is 0 Å². The van der Waals surface area contributed by atoms with Crippen molar-refractivity contribution in [2.45, 2.75) is 31.6 Å². The molecule has 2 heterocycles. The summed E-state index contributed by atoms with van der Waals surface area (Å²) in [5.41, 5.74) is 3.68.